The summed E-state index contributed by atoms with van der Waals surface area (Å²) in [4.78, 5) is 14.7. The van der Waals surface area contributed by atoms with E-state index in [1.165, 1.54) is 0 Å². The van der Waals surface area contributed by atoms with E-state index >= 15 is 0 Å². The molecule has 6 N–H and O–H groups in total. The summed E-state index contributed by atoms with van der Waals surface area (Å²) >= 11 is 0. The molecule has 0 rings (SSSR count). The van der Waals surface area contributed by atoms with Gasteiger partial charge in [-0.2, -0.15) is 0 Å². The summed E-state index contributed by atoms with van der Waals surface area (Å²) in [5, 5.41) is 11.9. The Morgan fingerprint density at radius 2 is 2.12 bits per heavy atom. The van der Waals surface area contributed by atoms with Crippen molar-refractivity contribution in [3.8, 4) is 0 Å². The van der Waals surface area contributed by atoms with Crippen LogP contribution in [-0.4, -0.2) is 36.2 Å². The lowest BCUT2D eigenvalue weighted by molar-refractivity contribution is -0.139. The molecule has 6 nitrogen and oxygen atoms in total. The van der Waals surface area contributed by atoms with Gasteiger partial charge in [-0.3, -0.25) is 9.79 Å². The number of carboxylic acid groups (broad SMARTS) is 1. The van der Waals surface area contributed by atoms with E-state index in [0.717, 1.165) is 19.4 Å². The Morgan fingerprint density at radius 3 is 2.62 bits per heavy atom. The zero-order valence-electron chi connectivity index (χ0n) is 9.78. The number of nitrogens with zero attached hydrogens (tertiary/aromatic N) is 1. The molecule has 0 saturated heterocycles. The maximum atomic E-state index is 10.9. The zero-order valence-corrected chi connectivity index (χ0v) is 9.78. The second-order valence-electron chi connectivity index (χ2n) is 3.65. The molecule has 0 heterocycles. The maximum absolute atomic E-state index is 10.9. The van der Waals surface area contributed by atoms with E-state index in [9.17, 15) is 4.79 Å². The van der Waals surface area contributed by atoms with E-state index in [2.05, 4.69) is 17.2 Å². The van der Waals surface area contributed by atoms with Crippen molar-refractivity contribution >= 4 is 11.9 Å². The Morgan fingerprint density at radius 1 is 1.44 bits per heavy atom. The predicted octanol–water partition coefficient (Wildman–Crippen LogP) is -0.117. The number of carbonyl (C=O) groups is 1. The van der Waals surface area contributed by atoms with Crippen LogP contribution < -0.4 is 16.8 Å². The SMILES string of the molecule is CCCCN[C@@H](CCCN=C(N)N)C(=O)O. The molecule has 0 spiro atoms. The molecule has 0 fully saturated rings. The molecule has 0 aromatic heterocycles. The first kappa shape index (κ1) is 14.7. The molecule has 0 aromatic carbocycles. The van der Waals surface area contributed by atoms with Crippen molar-refractivity contribution in [3.05, 3.63) is 0 Å². The van der Waals surface area contributed by atoms with Crippen LogP contribution in [0, 0.1) is 0 Å². The standard InChI is InChI=1S/C10H22N4O2/c1-2-3-6-13-8(9(15)16)5-4-7-14-10(11)12/h8,13H,2-7H2,1H3,(H,15,16)(H4,11,12,14)/t8-/m0/s1. The first-order valence-electron chi connectivity index (χ1n) is 5.59. The fourth-order valence-electron chi connectivity index (χ4n) is 1.27. The van der Waals surface area contributed by atoms with Gasteiger partial charge < -0.3 is 21.9 Å². The lowest BCUT2D eigenvalue weighted by Crippen LogP contribution is -2.37. The van der Waals surface area contributed by atoms with Gasteiger partial charge in [0.1, 0.15) is 6.04 Å². The number of nitrogens with two attached hydrogens (primary N) is 2. The number of aliphatic carboxylic acids is 1. The molecule has 0 unspecified atom stereocenters. The first-order chi connectivity index (χ1) is 7.57. The maximum Gasteiger partial charge on any atom is 0.320 e. The third-order valence-electron chi connectivity index (χ3n) is 2.16. The number of hydrogen-bond acceptors (Lipinski definition) is 3. The quantitative estimate of drug-likeness (QED) is 0.250. The van der Waals surface area contributed by atoms with Crippen LogP contribution in [0.3, 0.4) is 0 Å². The van der Waals surface area contributed by atoms with Gasteiger partial charge in [-0.1, -0.05) is 13.3 Å². The summed E-state index contributed by atoms with van der Waals surface area (Å²) in [6.07, 6.45) is 3.23. The Balaban J connectivity index is 3.77. The van der Waals surface area contributed by atoms with E-state index in [1.54, 1.807) is 0 Å². The van der Waals surface area contributed by atoms with Crippen molar-refractivity contribution in [1.82, 2.24) is 5.32 Å². The Hall–Kier alpha value is -1.30. The molecule has 6 heteroatoms. The van der Waals surface area contributed by atoms with Gasteiger partial charge in [0.15, 0.2) is 5.96 Å². The van der Waals surface area contributed by atoms with Crippen LogP contribution >= 0.6 is 0 Å². The molecule has 0 aliphatic heterocycles. The topological polar surface area (TPSA) is 114 Å². The van der Waals surface area contributed by atoms with Gasteiger partial charge in [-0.05, 0) is 25.8 Å². The molecular weight excluding hydrogens is 208 g/mol. The highest BCUT2D eigenvalue weighted by molar-refractivity contribution is 5.75. The summed E-state index contributed by atoms with van der Waals surface area (Å²) < 4.78 is 0. The highest BCUT2D eigenvalue weighted by Crippen LogP contribution is 1.99. The summed E-state index contributed by atoms with van der Waals surface area (Å²) in [7, 11) is 0. The van der Waals surface area contributed by atoms with E-state index in [4.69, 9.17) is 16.6 Å². The van der Waals surface area contributed by atoms with Crippen LogP contribution in [0.4, 0.5) is 0 Å². The van der Waals surface area contributed by atoms with Gasteiger partial charge >= 0.3 is 5.97 Å². The number of rotatable bonds is 9. The third kappa shape index (κ3) is 8.05. The minimum atomic E-state index is -0.819. The summed E-state index contributed by atoms with van der Waals surface area (Å²) in [5.41, 5.74) is 10.3. The zero-order chi connectivity index (χ0) is 12.4. The van der Waals surface area contributed by atoms with Gasteiger partial charge in [0.05, 0.1) is 0 Å². The molecule has 94 valence electrons. The van der Waals surface area contributed by atoms with Crippen molar-refractivity contribution in [3.63, 3.8) is 0 Å². The molecule has 1 atom stereocenters. The molecule has 0 aliphatic carbocycles. The Kier molecular flexibility index (Phi) is 8.24. The van der Waals surface area contributed by atoms with Crippen molar-refractivity contribution in [1.29, 1.82) is 0 Å². The molecule has 16 heavy (non-hydrogen) atoms. The monoisotopic (exact) mass is 230 g/mol. The van der Waals surface area contributed by atoms with Gasteiger partial charge in [0.2, 0.25) is 0 Å². The molecule has 0 bridgehead atoms. The van der Waals surface area contributed by atoms with Gasteiger partial charge in [-0.15, -0.1) is 0 Å². The van der Waals surface area contributed by atoms with Crippen LogP contribution in [0.15, 0.2) is 4.99 Å². The number of carboxylic acids is 1. The number of nitrogens with one attached hydrogen (secondary N) is 1. The van der Waals surface area contributed by atoms with E-state index in [0.29, 0.717) is 19.4 Å². The normalized spacial score (nSPS) is 12.1. The minimum Gasteiger partial charge on any atom is -0.480 e. The van der Waals surface area contributed by atoms with Gasteiger partial charge in [0.25, 0.3) is 0 Å². The van der Waals surface area contributed by atoms with Crippen LogP contribution in [0.2, 0.25) is 0 Å². The molecular formula is C10H22N4O2. The minimum absolute atomic E-state index is 0.0471. The highest BCUT2D eigenvalue weighted by Gasteiger charge is 2.15. The Labute approximate surface area is 96.1 Å². The summed E-state index contributed by atoms with van der Waals surface area (Å²) in [6.45, 7) is 3.27. The smallest absolute Gasteiger partial charge is 0.320 e. The van der Waals surface area contributed by atoms with Gasteiger partial charge in [-0.25, -0.2) is 0 Å². The van der Waals surface area contributed by atoms with E-state index in [1.807, 2.05) is 0 Å². The largest absolute Gasteiger partial charge is 0.480 e. The fourth-order valence-corrected chi connectivity index (χ4v) is 1.27. The fraction of sp³-hybridized carbons (Fsp3) is 0.800. The molecule has 0 amide bonds. The van der Waals surface area contributed by atoms with Crippen molar-refractivity contribution in [2.24, 2.45) is 16.5 Å². The average Bonchev–Trinajstić information content (AvgIpc) is 2.21. The summed E-state index contributed by atoms with van der Waals surface area (Å²) in [6, 6.07) is -0.499. The summed E-state index contributed by atoms with van der Waals surface area (Å²) in [5.74, 6) is -0.772. The molecule has 0 saturated carbocycles. The second-order valence-corrected chi connectivity index (χ2v) is 3.65. The lowest BCUT2D eigenvalue weighted by atomic mass is 10.1. The van der Waals surface area contributed by atoms with Crippen molar-refractivity contribution in [2.75, 3.05) is 13.1 Å². The third-order valence-corrected chi connectivity index (χ3v) is 2.16. The second kappa shape index (κ2) is 8.96. The predicted molar refractivity (Wildman–Crippen MR) is 64.2 cm³/mol. The van der Waals surface area contributed by atoms with Crippen LogP contribution in [0.25, 0.3) is 0 Å². The van der Waals surface area contributed by atoms with Crippen molar-refractivity contribution < 1.29 is 9.90 Å². The lowest BCUT2D eigenvalue weighted by Gasteiger charge is -2.13. The molecule has 0 radical (unpaired) electrons. The number of hydrogen-bond donors (Lipinski definition) is 4. The molecule has 0 aromatic rings. The molecule has 0 aliphatic rings. The Bertz CT molecular complexity index is 227. The average molecular weight is 230 g/mol. The van der Waals surface area contributed by atoms with E-state index < -0.39 is 12.0 Å². The van der Waals surface area contributed by atoms with Gasteiger partial charge in [0, 0.05) is 6.54 Å². The number of aliphatic imine (C=N–C) groups is 1. The number of guanidine groups is 1. The number of unbranched alkanes of at least 4 members (excludes halogenated alkanes) is 1. The highest BCUT2D eigenvalue weighted by atomic mass is 16.4. The van der Waals surface area contributed by atoms with Crippen LogP contribution in [0.1, 0.15) is 32.6 Å². The van der Waals surface area contributed by atoms with Crippen LogP contribution in [-0.2, 0) is 4.79 Å². The van der Waals surface area contributed by atoms with Crippen molar-refractivity contribution in [2.45, 2.75) is 38.6 Å². The van der Waals surface area contributed by atoms with Crippen LogP contribution in [0.5, 0.6) is 0 Å². The van der Waals surface area contributed by atoms with E-state index in [-0.39, 0.29) is 5.96 Å². The first-order valence-corrected chi connectivity index (χ1v) is 5.59.